The summed E-state index contributed by atoms with van der Waals surface area (Å²) in [5, 5.41) is 2.95. The number of rotatable bonds is 5. The van der Waals surface area contributed by atoms with Crippen molar-refractivity contribution in [2.45, 2.75) is 45.2 Å². The summed E-state index contributed by atoms with van der Waals surface area (Å²) in [5.74, 6) is 1.32. The molecule has 5 nitrogen and oxygen atoms in total. The Bertz CT molecular complexity index is 500. The van der Waals surface area contributed by atoms with Gasteiger partial charge in [0.05, 0.1) is 11.6 Å². The lowest BCUT2D eigenvalue weighted by molar-refractivity contribution is -0.126. The van der Waals surface area contributed by atoms with Crippen LogP contribution in [0.5, 0.6) is 11.5 Å². The molecule has 1 aromatic carbocycles. The van der Waals surface area contributed by atoms with E-state index in [1.807, 2.05) is 32.0 Å². The van der Waals surface area contributed by atoms with Crippen LogP contribution >= 0.6 is 0 Å². The number of carbonyl (C=O) groups excluding carboxylic acids is 1. The van der Waals surface area contributed by atoms with E-state index in [2.05, 4.69) is 5.32 Å². The number of fused-ring (bicyclic) bond motifs is 1. The Hall–Kier alpha value is -1.75. The number of hydrogen-bond donors (Lipinski definition) is 2. The fourth-order valence-corrected chi connectivity index (χ4v) is 2.26. The maximum Gasteiger partial charge on any atom is 0.240 e. The van der Waals surface area contributed by atoms with Gasteiger partial charge in [0.25, 0.3) is 0 Å². The Kier molecular flexibility index (Phi) is 4.18. The Morgan fingerprint density at radius 3 is 2.85 bits per heavy atom. The second kappa shape index (κ2) is 5.71. The molecule has 1 aliphatic heterocycles. The molecule has 2 unspecified atom stereocenters. The van der Waals surface area contributed by atoms with Crippen LogP contribution in [0.25, 0.3) is 0 Å². The molecule has 0 aromatic heterocycles. The second-order valence-corrected chi connectivity index (χ2v) is 5.48. The standard InChI is InChI=1S/C15H22N2O3/c1-4-7-15(3,16)14(18)17-10(2)11-5-6-12-13(8-11)20-9-19-12/h5-6,8,10H,4,7,9,16H2,1-3H3,(H,17,18). The van der Waals surface area contributed by atoms with Crippen LogP contribution in [0.4, 0.5) is 0 Å². The third-order valence-corrected chi connectivity index (χ3v) is 3.53. The molecule has 1 heterocycles. The fraction of sp³-hybridized carbons (Fsp3) is 0.533. The van der Waals surface area contributed by atoms with Gasteiger partial charge < -0.3 is 20.5 Å². The molecule has 1 aliphatic rings. The van der Waals surface area contributed by atoms with Crippen LogP contribution in [0.2, 0.25) is 0 Å². The van der Waals surface area contributed by atoms with Crippen LogP contribution in [-0.2, 0) is 4.79 Å². The maximum atomic E-state index is 12.2. The van der Waals surface area contributed by atoms with Gasteiger partial charge in [0, 0.05) is 0 Å². The normalized spacial score (nSPS) is 17.4. The molecule has 3 N–H and O–H groups in total. The number of nitrogens with two attached hydrogens (primary N) is 1. The zero-order valence-electron chi connectivity index (χ0n) is 12.2. The topological polar surface area (TPSA) is 73.6 Å². The number of amides is 1. The minimum Gasteiger partial charge on any atom is -0.454 e. The highest BCUT2D eigenvalue weighted by Crippen LogP contribution is 2.34. The minimum atomic E-state index is -0.834. The molecule has 0 aliphatic carbocycles. The van der Waals surface area contributed by atoms with Gasteiger partial charge in [0.2, 0.25) is 12.7 Å². The highest BCUT2D eigenvalue weighted by molar-refractivity contribution is 5.85. The van der Waals surface area contributed by atoms with Gasteiger partial charge in [-0.15, -0.1) is 0 Å². The lowest BCUT2D eigenvalue weighted by Gasteiger charge is -2.25. The van der Waals surface area contributed by atoms with Gasteiger partial charge in [-0.25, -0.2) is 0 Å². The van der Waals surface area contributed by atoms with Crippen molar-refractivity contribution >= 4 is 5.91 Å². The van der Waals surface area contributed by atoms with Gasteiger partial charge in [-0.2, -0.15) is 0 Å². The first kappa shape index (κ1) is 14.7. The minimum absolute atomic E-state index is 0.128. The highest BCUT2D eigenvalue weighted by atomic mass is 16.7. The Morgan fingerprint density at radius 1 is 1.45 bits per heavy atom. The molecule has 0 radical (unpaired) electrons. The van der Waals surface area contributed by atoms with E-state index >= 15 is 0 Å². The highest BCUT2D eigenvalue weighted by Gasteiger charge is 2.28. The number of ether oxygens (including phenoxy) is 2. The first-order valence-electron chi connectivity index (χ1n) is 6.93. The predicted octanol–water partition coefficient (Wildman–Crippen LogP) is 2.11. The average molecular weight is 278 g/mol. The van der Waals surface area contributed by atoms with Crippen LogP contribution in [0.3, 0.4) is 0 Å². The molecular formula is C15H22N2O3. The number of benzene rings is 1. The van der Waals surface area contributed by atoms with E-state index in [1.165, 1.54) is 0 Å². The Morgan fingerprint density at radius 2 is 2.15 bits per heavy atom. The maximum absolute atomic E-state index is 12.2. The third kappa shape index (κ3) is 3.04. The Balaban J connectivity index is 2.05. The van der Waals surface area contributed by atoms with Crippen molar-refractivity contribution in [2.24, 2.45) is 5.73 Å². The fourth-order valence-electron chi connectivity index (χ4n) is 2.26. The van der Waals surface area contributed by atoms with Gasteiger partial charge in [0.15, 0.2) is 11.5 Å². The summed E-state index contributed by atoms with van der Waals surface area (Å²) in [5.41, 5.74) is 6.16. The summed E-state index contributed by atoms with van der Waals surface area (Å²) in [4.78, 5) is 12.2. The molecule has 0 saturated carbocycles. The molecule has 2 atom stereocenters. The van der Waals surface area contributed by atoms with Crippen molar-refractivity contribution in [3.05, 3.63) is 23.8 Å². The van der Waals surface area contributed by atoms with E-state index in [0.29, 0.717) is 12.2 Å². The first-order valence-corrected chi connectivity index (χ1v) is 6.93. The van der Waals surface area contributed by atoms with Crippen LogP contribution < -0.4 is 20.5 Å². The molecule has 5 heteroatoms. The molecule has 1 aromatic rings. The largest absolute Gasteiger partial charge is 0.454 e. The predicted molar refractivity (Wildman–Crippen MR) is 76.6 cm³/mol. The van der Waals surface area contributed by atoms with Crippen molar-refractivity contribution in [1.29, 1.82) is 0 Å². The first-order chi connectivity index (χ1) is 9.44. The van der Waals surface area contributed by atoms with Gasteiger partial charge in [-0.3, -0.25) is 4.79 Å². The van der Waals surface area contributed by atoms with Gasteiger partial charge in [-0.05, 0) is 38.0 Å². The molecule has 110 valence electrons. The SMILES string of the molecule is CCCC(C)(N)C(=O)NC(C)c1ccc2c(c1)OCO2. The van der Waals surface area contributed by atoms with Crippen LogP contribution in [0.15, 0.2) is 18.2 Å². The van der Waals surface area contributed by atoms with E-state index in [1.54, 1.807) is 6.92 Å². The molecule has 0 saturated heterocycles. The van der Waals surface area contributed by atoms with E-state index < -0.39 is 5.54 Å². The van der Waals surface area contributed by atoms with E-state index in [-0.39, 0.29) is 18.7 Å². The molecule has 1 amide bonds. The number of nitrogens with one attached hydrogen (secondary N) is 1. The molecule has 0 fully saturated rings. The monoisotopic (exact) mass is 278 g/mol. The van der Waals surface area contributed by atoms with Crippen molar-refractivity contribution < 1.29 is 14.3 Å². The van der Waals surface area contributed by atoms with Crippen LogP contribution in [0.1, 0.15) is 45.2 Å². The Labute approximate surface area is 119 Å². The second-order valence-electron chi connectivity index (χ2n) is 5.48. The van der Waals surface area contributed by atoms with E-state index in [4.69, 9.17) is 15.2 Å². The molecule has 0 bridgehead atoms. The van der Waals surface area contributed by atoms with Gasteiger partial charge in [-0.1, -0.05) is 19.4 Å². The average Bonchev–Trinajstić information content (AvgIpc) is 2.85. The van der Waals surface area contributed by atoms with Gasteiger partial charge >= 0.3 is 0 Å². The zero-order chi connectivity index (χ0) is 14.8. The molecule has 2 rings (SSSR count). The van der Waals surface area contributed by atoms with Crippen LogP contribution in [-0.4, -0.2) is 18.2 Å². The van der Waals surface area contributed by atoms with Crippen molar-refractivity contribution in [2.75, 3.05) is 6.79 Å². The summed E-state index contributed by atoms with van der Waals surface area (Å²) in [7, 11) is 0. The lowest BCUT2D eigenvalue weighted by Crippen LogP contribution is -2.52. The zero-order valence-corrected chi connectivity index (χ0v) is 12.2. The number of carbonyl (C=O) groups is 1. The third-order valence-electron chi connectivity index (χ3n) is 3.53. The van der Waals surface area contributed by atoms with Crippen molar-refractivity contribution in [1.82, 2.24) is 5.32 Å². The van der Waals surface area contributed by atoms with Crippen LogP contribution in [0, 0.1) is 0 Å². The number of hydrogen-bond acceptors (Lipinski definition) is 4. The van der Waals surface area contributed by atoms with Gasteiger partial charge in [0.1, 0.15) is 0 Å². The van der Waals surface area contributed by atoms with E-state index in [0.717, 1.165) is 17.7 Å². The summed E-state index contributed by atoms with van der Waals surface area (Å²) in [6.45, 7) is 5.95. The summed E-state index contributed by atoms with van der Waals surface area (Å²) >= 11 is 0. The summed E-state index contributed by atoms with van der Waals surface area (Å²) in [6, 6.07) is 5.54. The summed E-state index contributed by atoms with van der Waals surface area (Å²) in [6.07, 6.45) is 1.53. The van der Waals surface area contributed by atoms with Crippen molar-refractivity contribution in [3.8, 4) is 11.5 Å². The lowest BCUT2D eigenvalue weighted by atomic mass is 9.95. The summed E-state index contributed by atoms with van der Waals surface area (Å²) < 4.78 is 10.6. The quantitative estimate of drug-likeness (QED) is 0.865. The van der Waals surface area contributed by atoms with E-state index in [9.17, 15) is 4.79 Å². The van der Waals surface area contributed by atoms with Crippen molar-refractivity contribution in [3.63, 3.8) is 0 Å². The molecule has 0 spiro atoms. The smallest absolute Gasteiger partial charge is 0.240 e. The molecular weight excluding hydrogens is 256 g/mol. The molecule has 20 heavy (non-hydrogen) atoms.